The minimum Gasteiger partial charge on any atom is -0.192 e. The van der Waals surface area contributed by atoms with Crippen LogP contribution in [0.1, 0.15) is 5.56 Å². The smallest absolute Gasteiger partial charge is 0.100 e. The zero-order valence-electron chi connectivity index (χ0n) is 8.65. The monoisotopic (exact) mass is 323 g/mol. The van der Waals surface area contributed by atoms with Gasteiger partial charge in [-0.1, -0.05) is 35.5 Å². The Morgan fingerprint density at radius 2 is 1.94 bits per heavy atom. The molecule has 0 spiro atoms. The van der Waals surface area contributed by atoms with Gasteiger partial charge in [0, 0.05) is 14.3 Å². The lowest BCUT2D eigenvalue weighted by Crippen LogP contribution is -1.80. The van der Waals surface area contributed by atoms with Gasteiger partial charge >= 0.3 is 0 Å². The Bertz CT molecular complexity index is 592. The molecular weight excluding hydrogens is 318 g/mol. The molecule has 84 valence electrons. The van der Waals surface area contributed by atoms with Crippen LogP contribution in [0.4, 0.5) is 0 Å². The van der Waals surface area contributed by atoms with Crippen LogP contribution in [0.3, 0.4) is 0 Å². The van der Waals surface area contributed by atoms with Crippen molar-refractivity contribution in [2.24, 2.45) is 0 Å². The average Bonchev–Trinajstić information content (AvgIpc) is 2.32. The zero-order chi connectivity index (χ0) is 12.3. The van der Waals surface area contributed by atoms with E-state index in [1.54, 1.807) is 17.8 Å². The van der Waals surface area contributed by atoms with Crippen LogP contribution in [0.15, 0.2) is 56.7 Å². The minimum atomic E-state index is 0.633. The van der Waals surface area contributed by atoms with Crippen LogP contribution >= 0.6 is 39.3 Å². The van der Waals surface area contributed by atoms with Crippen molar-refractivity contribution in [3.8, 4) is 6.07 Å². The van der Waals surface area contributed by atoms with Gasteiger partial charge in [0.2, 0.25) is 0 Å². The molecule has 17 heavy (non-hydrogen) atoms. The van der Waals surface area contributed by atoms with Gasteiger partial charge in [0.1, 0.15) is 6.07 Å². The average molecular weight is 325 g/mol. The van der Waals surface area contributed by atoms with Gasteiger partial charge in [-0.25, -0.2) is 0 Å². The Kier molecular flexibility index (Phi) is 4.11. The van der Waals surface area contributed by atoms with E-state index >= 15 is 0 Å². The van der Waals surface area contributed by atoms with E-state index in [0.717, 1.165) is 19.3 Å². The van der Waals surface area contributed by atoms with Gasteiger partial charge < -0.3 is 0 Å². The Morgan fingerprint density at radius 3 is 2.59 bits per heavy atom. The first-order chi connectivity index (χ1) is 8.20. The topological polar surface area (TPSA) is 23.8 Å². The highest BCUT2D eigenvalue weighted by Gasteiger charge is 2.04. The number of halogens is 2. The predicted octanol–water partition coefficient (Wildman–Crippen LogP) is 5.13. The number of hydrogen-bond donors (Lipinski definition) is 0. The van der Waals surface area contributed by atoms with E-state index in [4.69, 9.17) is 16.9 Å². The highest BCUT2D eigenvalue weighted by Crippen LogP contribution is 2.34. The van der Waals surface area contributed by atoms with E-state index in [-0.39, 0.29) is 0 Å². The second-order valence-corrected chi connectivity index (χ2v) is 5.66. The molecule has 2 aromatic carbocycles. The van der Waals surface area contributed by atoms with Crippen LogP contribution in [0.2, 0.25) is 5.02 Å². The third-order valence-corrected chi connectivity index (χ3v) is 4.29. The van der Waals surface area contributed by atoms with E-state index in [1.165, 1.54) is 0 Å². The Labute approximate surface area is 118 Å². The highest BCUT2D eigenvalue weighted by atomic mass is 79.9. The molecule has 0 aliphatic rings. The molecular formula is C13H7BrClNS. The molecule has 0 aliphatic carbocycles. The number of hydrogen-bond acceptors (Lipinski definition) is 2. The van der Waals surface area contributed by atoms with Crippen LogP contribution in [-0.4, -0.2) is 0 Å². The fourth-order valence-corrected chi connectivity index (χ4v) is 3.05. The second-order valence-electron chi connectivity index (χ2n) is 3.29. The summed E-state index contributed by atoms with van der Waals surface area (Å²) < 4.78 is 0.803. The summed E-state index contributed by atoms with van der Waals surface area (Å²) in [5.74, 6) is 0. The summed E-state index contributed by atoms with van der Waals surface area (Å²) in [6, 6.07) is 15.4. The Morgan fingerprint density at radius 1 is 1.18 bits per heavy atom. The standard InChI is InChI=1S/C13H7BrClNS/c14-11-7-10(6-5-9(11)8-16)17-13-4-2-1-3-12(13)15/h1-7H. The maximum Gasteiger partial charge on any atom is 0.100 e. The lowest BCUT2D eigenvalue weighted by atomic mass is 10.2. The molecule has 0 N–H and O–H groups in total. The maximum absolute atomic E-state index is 8.84. The molecule has 0 saturated carbocycles. The molecule has 0 fully saturated rings. The van der Waals surface area contributed by atoms with E-state index in [1.807, 2.05) is 36.4 Å². The Hall–Kier alpha value is -0.950. The highest BCUT2D eigenvalue weighted by molar-refractivity contribution is 9.10. The van der Waals surface area contributed by atoms with E-state index < -0.39 is 0 Å². The van der Waals surface area contributed by atoms with Crippen LogP contribution < -0.4 is 0 Å². The van der Waals surface area contributed by atoms with Crippen molar-refractivity contribution in [2.45, 2.75) is 9.79 Å². The van der Waals surface area contributed by atoms with Gasteiger partial charge in [0.05, 0.1) is 10.6 Å². The van der Waals surface area contributed by atoms with Crippen molar-refractivity contribution < 1.29 is 0 Å². The summed E-state index contributed by atoms with van der Waals surface area (Å²) in [7, 11) is 0. The lowest BCUT2D eigenvalue weighted by molar-refractivity contribution is 1.37. The first kappa shape index (κ1) is 12.5. The first-order valence-electron chi connectivity index (χ1n) is 4.83. The largest absolute Gasteiger partial charge is 0.192 e. The zero-order valence-corrected chi connectivity index (χ0v) is 11.8. The molecule has 0 amide bonds. The van der Waals surface area contributed by atoms with Gasteiger partial charge in [-0.3, -0.25) is 0 Å². The molecule has 0 aliphatic heterocycles. The second kappa shape index (κ2) is 5.59. The number of nitriles is 1. The SMILES string of the molecule is N#Cc1ccc(Sc2ccccc2Cl)cc1Br. The summed E-state index contributed by atoms with van der Waals surface area (Å²) in [6.07, 6.45) is 0. The van der Waals surface area contributed by atoms with Crippen molar-refractivity contribution in [1.29, 1.82) is 5.26 Å². The van der Waals surface area contributed by atoms with Gasteiger partial charge in [-0.15, -0.1) is 0 Å². The minimum absolute atomic E-state index is 0.633. The van der Waals surface area contributed by atoms with Crippen LogP contribution in [0, 0.1) is 11.3 Å². The molecule has 1 nitrogen and oxygen atoms in total. The molecule has 0 saturated heterocycles. The Balaban J connectivity index is 2.29. The van der Waals surface area contributed by atoms with Crippen LogP contribution in [0.5, 0.6) is 0 Å². The molecule has 0 heterocycles. The third-order valence-electron chi connectivity index (χ3n) is 2.13. The summed E-state index contributed by atoms with van der Waals surface area (Å²) in [5.41, 5.74) is 0.633. The van der Waals surface area contributed by atoms with Crippen molar-refractivity contribution >= 4 is 39.3 Å². The van der Waals surface area contributed by atoms with Gasteiger partial charge in [0.15, 0.2) is 0 Å². The van der Waals surface area contributed by atoms with Crippen molar-refractivity contribution in [2.75, 3.05) is 0 Å². The number of rotatable bonds is 2. The quantitative estimate of drug-likeness (QED) is 0.765. The summed E-state index contributed by atoms with van der Waals surface area (Å²) in [5, 5.41) is 9.57. The summed E-state index contributed by atoms with van der Waals surface area (Å²) in [6.45, 7) is 0. The van der Waals surface area contributed by atoms with E-state index in [9.17, 15) is 0 Å². The van der Waals surface area contributed by atoms with E-state index in [2.05, 4.69) is 22.0 Å². The molecule has 0 aromatic heterocycles. The normalized spacial score (nSPS) is 9.94. The van der Waals surface area contributed by atoms with Crippen molar-refractivity contribution in [3.05, 3.63) is 57.5 Å². The molecule has 4 heteroatoms. The van der Waals surface area contributed by atoms with E-state index in [0.29, 0.717) is 5.56 Å². The summed E-state index contributed by atoms with van der Waals surface area (Å²) in [4.78, 5) is 2.05. The van der Waals surface area contributed by atoms with Crippen molar-refractivity contribution in [3.63, 3.8) is 0 Å². The number of benzene rings is 2. The number of nitrogens with zero attached hydrogens (tertiary/aromatic N) is 1. The predicted molar refractivity (Wildman–Crippen MR) is 74.4 cm³/mol. The third kappa shape index (κ3) is 3.04. The maximum atomic E-state index is 8.84. The fraction of sp³-hybridized carbons (Fsp3) is 0. The van der Waals surface area contributed by atoms with Gasteiger partial charge in [-0.05, 0) is 46.3 Å². The van der Waals surface area contributed by atoms with Crippen molar-refractivity contribution in [1.82, 2.24) is 0 Å². The van der Waals surface area contributed by atoms with Gasteiger partial charge in [-0.2, -0.15) is 5.26 Å². The molecule has 0 radical (unpaired) electrons. The van der Waals surface area contributed by atoms with Gasteiger partial charge in [0.25, 0.3) is 0 Å². The first-order valence-corrected chi connectivity index (χ1v) is 6.81. The molecule has 2 aromatic rings. The molecule has 2 rings (SSSR count). The molecule has 0 unspecified atom stereocenters. The van der Waals surface area contributed by atoms with Crippen LogP contribution in [-0.2, 0) is 0 Å². The fourth-order valence-electron chi connectivity index (χ4n) is 1.30. The molecule has 0 atom stereocenters. The van der Waals surface area contributed by atoms with Crippen LogP contribution in [0.25, 0.3) is 0 Å². The summed E-state index contributed by atoms with van der Waals surface area (Å²) >= 11 is 11.0. The molecule has 0 bridgehead atoms. The lowest BCUT2D eigenvalue weighted by Gasteiger charge is -2.04.